The standard InChI is InChI=1S/C19H19ClN2O2/c1-13-5-3-6-14(2)19(13)22-18(24)12-21-17(23)10-9-15-7-4-8-16(20)11-15/h3-11H,12H2,1-2H3,(H,21,23)(H,22,24)/b10-9+. The minimum atomic E-state index is -0.341. The first-order valence-corrected chi connectivity index (χ1v) is 7.91. The molecule has 0 aromatic heterocycles. The quantitative estimate of drug-likeness (QED) is 0.813. The lowest BCUT2D eigenvalue weighted by molar-refractivity contribution is -0.121. The van der Waals surface area contributed by atoms with Crippen molar-refractivity contribution in [1.82, 2.24) is 5.32 Å². The van der Waals surface area contributed by atoms with E-state index < -0.39 is 0 Å². The molecule has 0 bridgehead atoms. The predicted molar refractivity (Wildman–Crippen MR) is 98.0 cm³/mol. The van der Waals surface area contributed by atoms with Crippen LogP contribution in [0.25, 0.3) is 6.08 Å². The van der Waals surface area contributed by atoms with Crippen molar-refractivity contribution in [2.45, 2.75) is 13.8 Å². The van der Waals surface area contributed by atoms with Crippen LogP contribution in [0.1, 0.15) is 16.7 Å². The molecule has 0 heterocycles. The number of halogens is 1. The average Bonchev–Trinajstić information content (AvgIpc) is 2.54. The van der Waals surface area contributed by atoms with Gasteiger partial charge in [-0.2, -0.15) is 0 Å². The smallest absolute Gasteiger partial charge is 0.244 e. The second kappa shape index (κ2) is 8.31. The lowest BCUT2D eigenvalue weighted by Crippen LogP contribution is -2.32. The SMILES string of the molecule is Cc1cccc(C)c1NC(=O)CNC(=O)/C=C/c1cccc(Cl)c1. The third-order valence-corrected chi connectivity index (χ3v) is 3.68. The monoisotopic (exact) mass is 342 g/mol. The molecule has 0 saturated heterocycles. The maximum absolute atomic E-state index is 12.0. The normalized spacial score (nSPS) is 10.6. The summed E-state index contributed by atoms with van der Waals surface area (Å²) in [5.74, 6) is -0.608. The molecule has 4 nitrogen and oxygen atoms in total. The van der Waals surface area contributed by atoms with Crippen LogP contribution >= 0.6 is 11.6 Å². The predicted octanol–water partition coefficient (Wildman–Crippen LogP) is 3.72. The van der Waals surface area contributed by atoms with Gasteiger partial charge in [0.15, 0.2) is 0 Å². The van der Waals surface area contributed by atoms with E-state index in [1.165, 1.54) is 6.08 Å². The number of aryl methyl sites for hydroxylation is 2. The number of anilines is 1. The molecule has 2 aromatic rings. The fraction of sp³-hybridized carbons (Fsp3) is 0.158. The number of nitrogens with one attached hydrogen (secondary N) is 2. The van der Waals surface area contributed by atoms with Crippen molar-refractivity contribution < 1.29 is 9.59 Å². The molecular formula is C19H19ClN2O2. The molecule has 0 fully saturated rings. The maximum Gasteiger partial charge on any atom is 0.244 e. The van der Waals surface area contributed by atoms with Crippen LogP contribution in [-0.4, -0.2) is 18.4 Å². The molecule has 2 rings (SSSR count). The number of benzene rings is 2. The van der Waals surface area contributed by atoms with Gasteiger partial charge < -0.3 is 10.6 Å². The van der Waals surface area contributed by atoms with Crippen molar-refractivity contribution in [3.63, 3.8) is 0 Å². The highest BCUT2D eigenvalue weighted by Crippen LogP contribution is 2.19. The molecule has 124 valence electrons. The van der Waals surface area contributed by atoms with E-state index in [9.17, 15) is 9.59 Å². The highest BCUT2D eigenvalue weighted by molar-refractivity contribution is 6.30. The highest BCUT2D eigenvalue weighted by atomic mass is 35.5. The highest BCUT2D eigenvalue weighted by Gasteiger charge is 2.07. The van der Waals surface area contributed by atoms with E-state index in [2.05, 4.69) is 10.6 Å². The molecular weight excluding hydrogens is 324 g/mol. The Balaban J connectivity index is 1.86. The van der Waals surface area contributed by atoms with Crippen LogP contribution in [0.15, 0.2) is 48.5 Å². The van der Waals surface area contributed by atoms with Gasteiger partial charge in [-0.15, -0.1) is 0 Å². The molecule has 0 atom stereocenters. The van der Waals surface area contributed by atoms with E-state index >= 15 is 0 Å². The van der Waals surface area contributed by atoms with Crippen LogP contribution in [-0.2, 0) is 9.59 Å². The van der Waals surface area contributed by atoms with Gasteiger partial charge in [-0.25, -0.2) is 0 Å². The van der Waals surface area contributed by atoms with Crippen LogP contribution < -0.4 is 10.6 Å². The van der Waals surface area contributed by atoms with Crippen molar-refractivity contribution in [1.29, 1.82) is 0 Å². The first-order chi connectivity index (χ1) is 11.5. The van der Waals surface area contributed by atoms with Crippen molar-refractivity contribution in [2.24, 2.45) is 0 Å². The zero-order valence-electron chi connectivity index (χ0n) is 13.6. The number of carbonyl (C=O) groups is 2. The van der Waals surface area contributed by atoms with Crippen molar-refractivity contribution >= 4 is 35.2 Å². The summed E-state index contributed by atoms with van der Waals surface area (Å²) in [5, 5.41) is 5.98. The Kier molecular flexibility index (Phi) is 6.15. The lowest BCUT2D eigenvalue weighted by atomic mass is 10.1. The van der Waals surface area contributed by atoms with E-state index in [0.29, 0.717) is 5.02 Å². The summed E-state index contributed by atoms with van der Waals surface area (Å²) in [5.41, 5.74) is 3.56. The second-order valence-electron chi connectivity index (χ2n) is 5.42. The van der Waals surface area contributed by atoms with Crippen LogP contribution in [0, 0.1) is 13.8 Å². The van der Waals surface area contributed by atoms with Crippen LogP contribution in [0.5, 0.6) is 0 Å². The lowest BCUT2D eigenvalue weighted by Gasteiger charge is -2.11. The Bertz CT molecular complexity index is 764. The average molecular weight is 343 g/mol. The number of amides is 2. The Morgan fingerprint density at radius 1 is 1.08 bits per heavy atom. The molecule has 0 spiro atoms. The van der Waals surface area contributed by atoms with Gasteiger partial charge in [-0.3, -0.25) is 9.59 Å². The molecule has 0 unspecified atom stereocenters. The topological polar surface area (TPSA) is 58.2 Å². The first kappa shape index (κ1) is 17.8. The Morgan fingerprint density at radius 2 is 1.75 bits per heavy atom. The zero-order valence-corrected chi connectivity index (χ0v) is 14.4. The van der Waals surface area contributed by atoms with Gasteiger partial charge in [-0.1, -0.05) is 41.9 Å². The summed E-state index contributed by atoms with van der Waals surface area (Å²) in [6.07, 6.45) is 3.02. The van der Waals surface area contributed by atoms with E-state index in [4.69, 9.17) is 11.6 Å². The van der Waals surface area contributed by atoms with E-state index in [1.54, 1.807) is 24.3 Å². The summed E-state index contributed by atoms with van der Waals surface area (Å²) in [6, 6.07) is 12.9. The molecule has 24 heavy (non-hydrogen) atoms. The van der Waals surface area contributed by atoms with Crippen LogP contribution in [0.3, 0.4) is 0 Å². The van der Waals surface area contributed by atoms with Gasteiger partial charge in [0.1, 0.15) is 0 Å². The molecule has 0 aliphatic carbocycles. The summed E-state index contributed by atoms with van der Waals surface area (Å²) in [7, 11) is 0. The van der Waals surface area contributed by atoms with E-state index in [-0.39, 0.29) is 18.4 Å². The Labute approximate surface area is 146 Å². The first-order valence-electron chi connectivity index (χ1n) is 7.53. The molecule has 5 heteroatoms. The fourth-order valence-electron chi connectivity index (χ4n) is 2.20. The van der Waals surface area contributed by atoms with Gasteiger partial charge in [0.05, 0.1) is 6.54 Å². The van der Waals surface area contributed by atoms with E-state index in [1.807, 2.05) is 38.1 Å². The van der Waals surface area contributed by atoms with Gasteiger partial charge in [0.2, 0.25) is 11.8 Å². The van der Waals surface area contributed by atoms with Gasteiger partial charge in [0, 0.05) is 16.8 Å². The number of hydrogen-bond donors (Lipinski definition) is 2. The third-order valence-electron chi connectivity index (χ3n) is 3.44. The van der Waals surface area contributed by atoms with Crippen molar-refractivity contribution in [3.05, 3.63) is 70.3 Å². The minimum Gasteiger partial charge on any atom is -0.343 e. The van der Waals surface area contributed by atoms with E-state index in [0.717, 1.165) is 22.4 Å². The number of carbonyl (C=O) groups excluding carboxylic acids is 2. The Morgan fingerprint density at radius 3 is 2.42 bits per heavy atom. The van der Waals surface area contributed by atoms with Gasteiger partial charge >= 0.3 is 0 Å². The van der Waals surface area contributed by atoms with Crippen molar-refractivity contribution in [2.75, 3.05) is 11.9 Å². The molecule has 2 amide bonds. The summed E-state index contributed by atoms with van der Waals surface area (Å²) < 4.78 is 0. The Hall–Kier alpha value is -2.59. The molecule has 0 aliphatic heterocycles. The largest absolute Gasteiger partial charge is 0.343 e. The van der Waals surface area contributed by atoms with Crippen molar-refractivity contribution in [3.8, 4) is 0 Å². The summed E-state index contributed by atoms with van der Waals surface area (Å²) >= 11 is 5.88. The fourth-order valence-corrected chi connectivity index (χ4v) is 2.40. The number of hydrogen-bond acceptors (Lipinski definition) is 2. The minimum absolute atomic E-state index is 0.0908. The second-order valence-corrected chi connectivity index (χ2v) is 5.86. The molecule has 0 aliphatic rings. The molecule has 2 N–H and O–H groups in total. The summed E-state index contributed by atoms with van der Waals surface area (Å²) in [4.78, 5) is 23.8. The van der Waals surface area contributed by atoms with Gasteiger partial charge in [-0.05, 0) is 48.7 Å². The zero-order chi connectivity index (χ0) is 17.5. The van der Waals surface area contributed by atoms with Crippen LogP contribution in [0.2, 0.25) is 5.02 Å². The van der Waals surface area contributed by atoms with Crippen LogP contribution in [0.4, 0.5) is 5.69 Å². The number of rotatable bonds is 5. The maximum atomic E-state index is 12.0. The molecule has 2 aromatic carbocycles. The summed E-state index contributed by atoms with van der Waals surface area (Å²) in [6.45, 7) is 3.76. The molecule has 0 radical (unpaired) electrons. The van der Waals surface area contributed by atoms with Gasteiger partial charge in [0.25, 0.3) is 0 Å². The molecule has 0 saturated carbocycles. The number of para-hydroxylation sites is 1. The third kappa shape index (κ3) is 5.25.